The van der Waals surface area contributed by atoms with Crippen molar-refractivity contribution in [3.63, 3.8) is 0 Å². The molecule has 0 atom stereocenters. The number of hydrogen-bond donors (Lipinski definition) is 1. The molecule has 0 aliphatic carbocycles. The second kappa shape index (κ2) is 6.53. The maximum absolute atomic E-state index is 5.69. The molecule has 0 aliphatic heterocycles. The van der Waals surface area contributed by atoms with Gasteiger partial charge in [0.2, 0.25) is 0 Å². The highest BCUT2D eigenvalue weighted by atomic mass is 79.9. The summed E-state index contributed by atoms with van der Waals surface area (Å²) in [5.74, 6) is 7.05. The van der Waals surface area contributed by atoms with Crippen LogP contribution in [0.2, 0.25) is 0 Å². The van der Waals surface area contributed by atoms with E-state index in [2.05, 4.69) is 27.8 Å². The monoisotopic (exact) mass is 317 g/mol. The molecule has 2 N–H and O–H groups in total. The highest BCUT2D eigenvalue weighted by molar-refractivity contribution is 9.10. The molecule has 0 heterocycles. The molecule has 0 saturated heterocycles. The Morgan fingerprint density at radius 2 is 1.89 bits per heavy atom. The average molecular weight is 318 g/mol. The third-order valence-corrected chi connectivity index (χ3v) is 4.14. The van der Waals surface area contributed by atoms with Crippen LogP contribution < -0.4 is 5.73 Å². The Bertz CT molecular complexity index is 584. The van der Waals surface area contributed by atoms with Crippen molar-refractivity contribution in [2.24, 2.45) is 0 Å². The number of thioether (sulfide) groups is 1. The minimum atomic E-state index is 0.761. The molecule has 90 valence electrons. The zero-order valence-corrected chi connectivity index (χ0v) is 12.1. The van der Waals surface area contributed by atoms with Crippen molar-refractivity contribution >= 4 is 33.4 Å². The lowest BCUT2D eigenvalue weighted by Crippen LogP contribution is -1.85. The van der Waals surface area contributed by atoms with Gasteiger partial charge in [-0.25, -0.2) is 0 Å². The quantitative estimate of drug-likeness (QED) is 0.511. The number of hydrogen-bond acceptors (Lipinski definition) is 2. The van der Waals surface area contributed by atoms with Gasteiger partial charge in [-0.3, -0.25) is 0 Å². The summed E-state index contributed by atoms with van der Waals surface area (Å²) < 4.78 is 1.02. The van der Waals surface area contributed by atoms with Crippen LogP contribution in [0, 0.1) is 11.8 Å². The predicted molar refractivity (Wildman–Crippen MR) is 82.6 cm³/mol. The maximum Gasteiger partial charge on any atom is 0.0598 e. The Labute approximate surface area is 120 Å². The molecule has 0 bridgehead atoms. The number of nitrogens with two attached hydrogens (primary N) is 1. The molecule has 2 aromatic rings. The highest BCUT2D eigenvalue weighted by Gasteiger charge is 1.99. The van der Waals surface area contributed by atoms with Gasteiger partial charge in [-0.05, 0) is 46.3 Å². The van der Waals surface area contributed by atoms with Crippen LogP contribution in [0.5, 0.6) is 0 Å². The first kappa shape index (κ1) is 13.1. The fourth-order valence-corrected chi connectivity index (χ4v) is 2.81. The molecule has 0 radical (unpaired) electrons. The van der Waals surface area contributed by atoms with Crippen molar-refractivity contribution in [2.45, 2.75) is 4.90 Å². The molecule has 0 aliphatic rings. The van der Waals surface area contributed by atoms with E-state index >= 15 is 0 Å². The van der Waals surface area contributed by atoms with Crippen LogP contribution in [0.3, 0.4) is 0 Å². The van der Waals surface area contributed by atoms with Crippen molar-refractivity contribution in [2.75, 3.05) is 11.5 Å². The van der Waals surface area contributed by atoms with Crippen LogP contribution in [0.4, 0.5) is 5.69 Å². The van der Waals surface area contributed by atoms with Gasteiger partial charge in [0.05, 0.1) is 5.75 Å². The molecule has 3 heteroatoms. The Morgan fingerprint density at radius 1 is 1.11 bits per heavy atom. The molecule has 0 spiro atoms. The summed E-state index contributed by atoms with van der Waals surface area (Å²) in [4.78, 5) is 1.16. The summed E-state index contributed by atoms with van der Waals surface area (Å²) in [5, 5.41) is 0. The zero-order chi connectivity index (χ0) is 12.8. The molecule has 2 rings (SSSR count). The number of rotatable bonds is 2. The van der Waals surface area contributed by atoms with Gasteiger partial charge < -0.3 is 5.73 Å². The Balaban J connectivity index is 1.95. The largest absolute Gasteiger partial charge is 0.399 e. The van der Waals surface area contributed by atoms with E-state index in [1.54, 1.807) is 11.8 Å². The van der Waals surface area contributed by atoms with Gasteiger partial charge in [0, 0.05) is 20.6 Å². The minimum absolute atomic E-state index is 0.761. The third-order valence-electron chi connectivity index (χ3n) is 2.26. The lowest BCUT2D eigenvalue weighted by molar-refractivity contribution is 1.41. The summed E-state index contributed by atoms with van der Waals surface area (Å²) in [6.45, 7) is 0. The molecule has 0 amide bonds. The zero-order valence-electron chi connectivity index (χ0n) is 9.69. The number of benzene rings is 2. The van der Waals surface area contributed by atoms with Gasteiger partial charge in [0.1, 0.15) is 0 Å². The number of anilines is 1. The molecular weight excluding hydrogens is 306 g/mol. The first-order valence-electron chi connectivity index (χ1n) is 5.47. The van der Waals surface area contributed by atoms with Gasteiger partial charge in [0.25, 0.3) is 0 Å². The van der Waals surface area contributed by atoms with Crippen LogP contribution in [0.25, 0.3) is 0 Å². The lowest BCUT2D eigenvalue weighted by atomic mass is 10.2. The Hall–Kier alpha value is -1.37. The summed E-state index contributed by atoms with van der Waals surface area (Å²) in [7, 11) is 0. The van der Waals surface area contributed by atoms with Gasteiger partial charge in [-0.15, -0.1) is 11.8 Å². The SMILES string of the molecule is Nc1ccc(SCC#Cc2ccccc2)c(Br)c1. The normalized spacial score (nSPS) is 9.61. The van der Waals surface area contributed by atoms with Crippen LogP contribution in [0.15, 0.2) is 57.9 Å². The first-order valence-corrected chi connectivity index (χ1v) is 7.25. The smallest absolute Gasteiger partial charge is 0.0598 e. The molecular formula is C15H12BrNS. The van der Waals surface area contributed by atoms with E-state index in [4.69, 9.17) is 5.73 Å². The molecule has 0 saturated carbocycles. The fraction of sp³-hybridized carbons (Fsp3) is 0.0667. The first-order chi connectivity index (χ1) is 8.75. The molecule has 1 nitrogen and oxygen atoms in total. The molecule has 0 unspecified atom stereocenters. The summed E-state index contributed by atoms with van der Waals surface area (Å²) in [6.07, 6.45) is 0. The predicted octanol–water partition coefficient (Wildman–Crippen LogP) is 4.18. The van der Waals surface area contributed by atoms with Gasteiger partial charge in [-0.2, -0.15) is 0 Å². The Kier molecular flexibility index (Phi) is 4.74. The van der Waals surface area contributed by atoms with Crippen LogP contribution >= 0.6 is 27.7 Å². The molecule has 18 heavy (non-hydrogen) atoms. The van der Waals surface area contributed by atoms with E-state index in [-0.39, 0.29) is 0 Å². The molecule has 2 aromatic carbocycles. The van der Waals surface area contributed by atoms with Crippen molar-refractivity contribution in [1.82, 2.24) is 0 Å². The highest BCUT2D eigenvalue weighted by Crippen LogP contribution is 2.28. The van der Waals surface area contributed by atoms with Gasteiger partial charge in [0.15, 0.2) is 0 Å². The van der Waals surface area contributed by atoms with Gasteiger partial charge >= 0.3 is 0 Å². The van der Waals surface area contributed by atoms with E-state index in [9.17, 15) is 0 Å². The Morgan fingerprint density at radius 3 is 2.61 bits per heavy atom. The van der Waals surface area contributed by atoms with Crippen molar-refractivity contribution in [3.8, 4) is 11.8 Å². The number of halogens is 1. The molecule has 0 aromatic heterocycles. The van der Waals surface area contributed by atoms with Crippen LogP contribution in [-0.4, -0.2) is 5.75 Å². The average Bonchev–Trinajstić information content (AvgIpc) is 2.38. The van der Waals surface area contributed by atoms with E-state index in [0.717, 1.165) is 26.4 Å². The van der Waals surface area contributed by atoms with E-state index in [1.807, 2.05) is 48.5 Å². The lowest BCUT2D eigenvalue weighted by Gasteiger charge is -2.02. The second-order valence-electron chi connectivity index (χ2n) is 3.65. The van der Waals surface area contributed by atoms with Crippen molar-refractivity contribution < 1.29 is 0 Å². The third kappa shape index (κ3) is 3.83. The molecule has 0 fully saturated rings. The van der Waals surface area contributed by atoms with E-state index in [0.29, 0.717) is 0 Å². The topological polar surface area (TPSA) is 26.0 Å². The van der Waals surface area contributed by atoms with Crippen molar-refractivity contribution in [3.05, 3.63) is 58.6 Å². The second-order valence-corrected chi connectivity index (χ2v) is 5.52. The fourth-order valence-electron chi connectivity index (χ4n) is 1.41. The van der Waals surface area contributed by atoms with E-state index < -0.39 is 0 Å². The summed E-state index contributed by atoms with van der Waals surface area (Å²) in [6, 6.07) is 15.8. The summed E-state index contributed by atoms with van der Waals surface area (Å²) in [5.41, 5.74) is 7.51. The minimum Gasteiger partial charge on any atom is -0.399 e. The summed E-state index contributed by atoms with van der Waals surface area (Å²) >= 11 is 5.19. The van der Waals surface area contributed by atoms with Crippen LogP contribution in [-0.2, 0) is 0 Å². The maximum atomic E-state index is 5.69. The van der Waals surface area contributed by atoms with Gasteiger partial charge in [-0.1, -0.05) is 30.0 Å². The van der Waals surface area contributed by atoms with E-state index in [1.165, 1.54) is 0 Å². The van der Waals surface area contributed by atoms with Crippen molar-refractivity contribution in [1.29, 1.82) is 0 Å². The van der Waals surface area contributed by atoms with Crippen LogP contribution in [0.1, 0.15) is 5.56 Å². The number of nitrogen functional groups attached to an aromatic ring is 1. The standard InChI is InChI=1S/C15H12BrNS/c16-14-11-13(17)8-9-15(14)18-10-4-7-12-5-2-1-3-6-12/h1-3,5-6,8-9,11H,10,17H2.